The third-order valence-electron chi connectivity index (χ3n) is 2.78. The third kappa shape index (κ3) is 4.84. The van der Waals surface area contributed by atoms with Gasteiger partial charge in [0.25, 0.3) is 0 Å². The maximum atomic E-state index is 11.7. The van der Waals surface area contributed by atoms with E-state index < -0.39 is 5.60 Å². The topological polar surface area (TPSA) is 49.3 Å². The first-order valence-electron chi connectivity index (χ1n) is 5.77. The van der Waals surface area contributed by atoms with Crippen LogP contribution in [0.15, 0.2) is 18.2 Å². The van der Waals surface area contributed by atoms with Gasteiger partial charge in [-0.2, -0.15) is 0 Å². The van der Waals surface area contributed by atoms with Gasteiger partial charge in [-0.15, -0.1) is 0 Å². The zero-order chi connectivity index (χ0) is 13.8. The number of rotatable bonds is 5. The summed E-state index contributed by atoms with van der Waals surface area (Å²) in [6, 6.07) is 5.09. The quantitative estimate of drug-likeness (QED) is 0.876. The summed E-state index contributed by atoms with van der Waals surface area (Å²) in [6.07, 6.45) is 0.802. The molecule has 100 valence electrons. The van der Waals surface area contributed by atoms with E-state index in [1.54, 1.807) is 25.1 Å². The Bertz CT molecular complexity index is 433. The lowest BCUT2D eigenvalue weighted by atomic mass is 10.0. The van der Waals surface area contributed by atoms with E-state index in [1.165, 1.54) is 0 Å². The van der Waals surface area contributed by atoms with Crippen molar-refractivity contribution in [1.82, 2.24) is 5.32 Å². The number of nitrogens with one attached hydrogen (secondary N) is 1. The van der Waals surface area contributed by atoms with Crippen LogP contribution in [-0.2, 0) is 11.2 Å². The molecule has 0 fully saturated rings. The molecule has 1 unspecified atom stereocenters. The lowest BCUT2D eigenvalue weighted by Gasteiger charge is -2.21. The van der Waals surface area contributed by atoms with Gasteiger partial charge in [0.05, 0.1) is 22.1 Å². The van der Waals surface area contributed by atoms with Crippen molar-refractivity contribution in [3.63, 3.8) is 0 Å². The predicted molar refractivity (Wildman–Crippen MR) is 74.1 cm³/mol. The highest BCUT2D eigenvalue weighted by Crippen LogP contribution is 2.22. The van der Waals surface area contributed by atoms with Crippen molar-refractivity contribution < 1.29 is 9.90 Å². The molecule has 1 amide bonds. The van der Waals surface area contributed by atoms with Gasteiger partial charge in [-0.25, -0.2) is 0 Å². The number of amides is 1. The van der Waals surface area contributed by atoms with Gasteiger partial charge in [-0.3, -0.25) is 4.79 Å². The van der Waals surface area contributed by atoms with E-state index in [0.29, 0.717) is 16.5 Å². The Morgan fingerprint density at radius 1 is 1.39 bits per heavy atom. The largest absolute Gasteiger partial charge is 0.388 e. The molecule has 1 aromatic rings. The minimum atomic E-state index is -0.868. The van der Waals surface area contributed by atoms with Crippen LogP contribution in [-0.4, -0.2) is 23.2 Å². The predicted octanol–water partition coefficient (Wildman–Crippen LogP) is 2.81. The van der Waals surface area contributed by atoms with Gasteiger partial charge in [0.2, 0.25) is 5.91 Å². The van der Waals surface area contributed by atoms with Crippen LogP contribution in [0, 0.1) is 0 Å². The van der Waals surface area contributed by atoms with Crippen LogP contribution < -0.4 is 5.32 Å². The summed E-state index contributed by atoms with van der Waals surface area (Å²) in [6.45, 7) is 3.79. The average Bonchev–Trinajstić information content (AvgIpc) is 2.32. The van der Waals surface area contributed by atoms with Gasteiger partial charge in [0, 0.05) is 6.54 Å². The fraction of sp³-hybridized carbons (Fsp3) is 0.462. The summed E-state index contributed by atoms with van der Waals surface area (Å²) in [4.78, 5) is 11.7. The molecule has 5 heteroatoms. The molecule has 0 aliphatic carbocycles. The Labute approximate surface area is 117 Å². The zero-order valence-corrected chi connectivity index (χ0v) is 12.0. The molecule has 0 bridgehead atoms. The number of halogens is 2. The molecule has 0 saturated heterocycles. The second-order valence-corrected chi connectivity index (χ2v) is 5.37. The molecule has 0 aliphatic heterocycles. The van der Waals surface area contributed by atoms with Crippen LogP contribution in [0.25, 0.3) is 0 Å². The minimum absolute atomic E-state index is 0.151. The molecule has 1 aromatic carbocycles. The molecular weight excluding hydrogens is 273 g/mol. The Morgan fingerprint density at radius 3 is 2.61 bits per heavy atom. The second kappa shape index (κ2) is 6.41. The molecule has 0 spiro atoms. The Morgan fingerprint density at radius 2 is 2.06 bits per heavy atom. The zero-order valence-electron chi connectivity index (χ0n) is 10.5. The van der Waals surface area contributed by atoms with Gasteiger partial charge >= 0.3 is 0 Å². The number of aliphatic hydroxyl groups is 1. The Balaban J connectivity index is 2.52. The highest BCUT2D eigenvalue weighted by Gasteiger charge is 2.18. The van der Waals surface area contributed by atoms with Gasteiger partial charge < -0.3 is 10.4 Å². The van der Waals surface area contributed by atoms with Crippen LogP contribution in [0.5, 0.6) is 0 Å². The van der Waals surface area contributed by atoms with E-state index in [2.05, 4.69) is 5.32 Å². The fourth-order valence-corrected chi connectivity index (χ4v) is 1.63. The summed E-state index contributed by atoms with van der Waals surface area (Å²) < 4.78 is 0. The van der Waals surface area contributed by atoms with Crippen molar-refractivity contribution in [3.05, 3.63) is 33.8 Å². The third-order valence-corrected chi connectivity index (χ3v) is 3.52. The van der Waals surface area contributed by atoms with E-state index >= 15 is 0 Å². The van der Waals surface area contributed by atoms with Crippen molar-refractivity contribution in [1.29, 1.82) is 0 Å². The highest BCUT2D eigenvalue weighted by molar-refractivity contribution is 6.42. The van der Waals surface area contributed by atoms with Crippen LogP contribution in [0.4, 0.5) is 0 Å². The van der Waals surface area contributed by atoms with Gasteiger partial charge in [-0.05, 0) is 31.0 Å². The normalized spacial score (nSPS) is 14.1. The molecule has 0 radical (unpaired) electrons. The van der Waals surface area contributed by atoms with Gasteiger partial charge in [0.15, 0.2) is 0 Å². The molecule has 18 heavy (non-hydrogen) atoms. The molecule has 3 nitrogen and oxygen atoms in total. The average molecular weight is 290 g/mol. The van der Waals surface area contributed by atoms with Crippen molar-refractivity contribution >= 4 is 29.1 Å². The molecule has 1 rings (SSSR count). The highest BCUT2D eigenvalue weighted by atomic mass is 35.5. The maximum Gasteiger partial charge on any atom is 0.224 e. The van der Waals surface area contributed by atoms with E-state index in [-0.39, 0.29) is 18.9 Å². The SMILES string of the molecule is CCC(C)(O)CNC(=O)Cc1ccc(Cl)c(Cl)c1. The Kier molecular flexibility index (Phi) is 5.45. The summed E-state index contributed by atoms with van der Waals surface area (Å²) >= 11 is 11.7. The van der Waals surface area contributed by atoms with Crippen LogP contribution in [0.2, 0.25) is 10.0 Å². The standard InChI is InChI=1S/C13H17Cl2NO2/c1-3-13(2,18)8-16-12(17)7-9-4-5-10(14)11(15)6-9/h4-6,18H,3,7-8H2,1-2H3,(H,16,17). The van der Waals surface area contributed by atoms with Crippen LogP contribution in [0.3, 0.4) is 0 Å². The smallest absolute Gasteiger partial charge is 0.224 e. The van der Waals surface area contributed by atoms with Crippen LogP contribution >= 0.6 is 23.2 Å². The molecule has 0 aliphatic rings. The first-order chi connectivity index (χ1) is 8.34. The number of benzene rings is 1. The van der Waals surface area contributed by atoms with Crippen LogP contribution in [0.1, 0.15) is 25.8 Å². The molecule has 0 saturated carbocycles. The second-order valence-electron chi connectivity index (χ2n) is 4.55. The summed E-state index contributed by atoms with van der Waals surface area (Å²) in [7, 11) is 0. The van der Waals surface area contributed by atoms with E-state index in [0.717, 1.165) is 5.56 Å². The fourth-order valence-electron chi connectivity index (χ4n) is 1.31. The molecule has 0 heterocycles. The van der Waals surface area contributed by atoms with Crippen molar-refractivity contribution in [2.75, 3.05) is 6.54 Å². The van der Waals surface area contributed by atoms with E-state index in [4.69, 9.17) is 23.2 Å². The first kappa shape index (κ1) is 15.3. The van der Waals surface area contributed by atoms with E-state index in [1.807, 2.05) is 6.92 Å². The number of hydrogen-bond acceptors (Lipinski definition) is 2. The first-order valence-corrected chi connectivity index (χ1v) is 6.52. The van der Waals surface area contributed by atoms with Crippen molar-refractivity contribution in [3.8, 4) is 0 Å². The summed E-state index contributed by atoms with van der Waals surface area (Å²) in [5.41, 5.74) is -0.0779. The molecule has 1 atom stereocenters. The lowest BCUT2D eigenvalue weighted by Crippen LogP contribution is -2.40. The molecular formula is C13H17Cl2NO2. The summed E-state index contributed by atoms with van der Waals surface area (Å²) in [5, 5.41) is 13.4. The number of carbonyl (C=O) groups excluding carboxylic acids is 1. The summed E-state index contributed by atoms with van der Waals surface area (Å²) in [5.74, 6) is -0.151. The molecule has 0 aromatic heterocycles. The van der Waals surface area contributed by atoms with Gasteiger partial charge in [-0.1, -0.05) is 36.2 Å². The Hall–Kier alpha value is -0.770. The van der Waals surface area contributed by atoms with Crippen molar-refractivity contribution in [2.24, 2.45) is 0 Å². The van der Waals surface area contributed by atoms with E-state index in [9.17, 15) is 9.90 Å². The minimum Gasteiger partial charge on any atom is -0.388 e. The lowest BCUT2D eigenvalue weighted by molar-refractivity contribution is -0.121. The van der Waals surface area contributed by atoms with Gasteiger partial charge in [0.1, 0.15) is 0 Å². The monoisotopic (exact) mass is 289 g/mol. The maximum absolute atomic E-state index is 11.7. The number of hydrogen-bond donors (Lipinski definition) is 2. The molecule has 2 N–H and O–H groups in total. The van der Waals surface area contributed by atoms with Crippen molar-refractivity contribution in [2.45, 2.75) is 32.3 Å². The number of carbonyl (C=O) groups is 1.